The number of hydrogen-bond donors (Lipinski definition) is 2. The predicted octanol–water partition coefficient (Wildman–Crippen LogP) is 1.52. The third kappa shape index (κ3) is 4.01. The Bertz CT molecular complexity index is 590. The van der Waals surface area contributed by atoms with Crippen molar-refractivity contribution in [1.82, 2.24) is 19.6 Å². The summed E-state index contributed by atoms with van der Waals surface area (Å²) in [5.41, 5.74) is 0. The van der Waals surface area contributed by atoms with Crippen molar-refractivity contribution < 1.29 is 8.42 Å². The van der Waals surface area contributed by atoms with Crippen LogP contribution < -0.4 is 10.0 Å². The highest BCUT2D eigenvalue weighted by Gasteiger charge is 2.35. The standard InChI is InChI=1S/C14H24N4O2S.ClH/c1-10(2)7-18-8-14(15-9-18)21(19,20)17-13-5-11-3-4-12(6-13)16-11;/h8-13,16-17H,3-7H2,1-2H3;1H. The molecule has 2 saturated heterocycles. The fourth-order valence-corrected chi connectivity index (χ4v) is 4.65. The molecule has 6 nitrogen and oxygen atoms in total. The fourth-order valence-electron chi connectivity index (χ4n) is 3.43. The lowest BCUT2D eigenvalue weighted by atomic mass is 10.0. The predicted molar refractivity (Wildman–Crippen MR) is 87.6 cm³/mol. The van der Waals surface area contributed by atoms with Crippen molar-refractivity contribution in [2.75, 3.05) is 0 Å². The Morgan fingerprint density at radius 1 is 1.36 bits per heavy atom. The van der Waals surface area contributed by atoms with Crippen LogP contribution in [-0.2, 0) is 16.6 Å². The van der Waals surface area contributed by atoms with Crippen LogP contribution in [0.5, 0.6) is 0 Å². The van der Waals surface area contributed by atoms with Gasteiger partial charge in [-0.15, -0.1) is 12.4 Å². The van der Waals surface area contributed by atoms with E-state index in [9.17, 15) is 8.42 Å². The van der Waals surface area contributed by atoms with E-state index in [1.807, 2.05) is 4.57 Å². The summed E-state index contributed by atoms with van der Waals surface area (Å²) in [7, 11) is -3.50. The van der Waals surface area contributed by atoms with Crippen LogP contribution in [0.1, 0.15) is 39.5 Å². The van der Waals surface area contributed by atoms with E-state index in [0.29, 0.717) is 18.0 Å². The molecule has 126 valence electrons. The maximum absolute atomic E-state index is 12.4. The number of hydrogen-bond acceptors (Lipinski definition) is 4. The number of piperidine rings is 1. The van der Waals surface area contributed by atoms with E-state index in [0.717, 1.165) is 32.2 Å². The Balaban J connectivity index is 0.00000176. The summed E-state index contributed by atoms with van der Waals surface area (Å²) >= 11 is 0. The number of imidazole rings is 1. The van der Waals surface area contributed by atoms with E-state index >= 15 is 0 Å². The first-order chi connectivity index (χ1) is 9.92. The molecule has 2 atom stereocenters. The maximum Gasteiger partial charge on any atom is 0.259 e. The van der Waals surface area contributed by atoms with E-state index in [2.05, 4.69) is 28.9 Å². The molecule has 0 spiro atoms. The highest BCUT2D eigenvalue weighted by molar-refractivity contribution is 7.89. The van der Waals surface area contributed by atoms with Crippen LogP contribution >= 0.6 is 12.4 Å². The normalized spacial score (nSPS) is 27.9. The van der Waals surface area contributed by atoms with Crippen molar-refractivity contribution in [2.45, 2.75) is 69.2 Å². The molecule has 22 heavy (non-hydrogen) atoms. The van der Waals surface area contributed by atoms with Crippen molar-refractivity contribution in [3.8, 4) is 0 Å². The number of fused-ring (bicyclic) bond motifs is 2. The smallest absolute Gasteiger partial charge is 0.259 e. The average molecular weight is 349 g/mol. The van der Waals surface area contributed by atoms with Crippen molar-refractivity contribution in [3.05, 3.63) is 12.5 Å². The molecule has 2 unspecified atom stereocenters. The molecule has 8 heteroatoms. The largest absolute Gasteiger partial charge is 0.336 e. The van der Waals surface area contributed by atoms with Gasteiger partial charge in [0.2, 0.25) is 0 Å². The zero-order chi connectivity index (χ0) is 15.0. The number of nitrogens with zero attached hydrogens (tertiary/aromatic N) is 2. The number of halogens is 1. The fraction of sp³-hybridized carbons (Fsp3) is 0.786. The monoisotopic (exact) mass is 348 g/mol. The molecule has 2 bridgehead atoms. The lowest BCUT2D eigenvalue weighted by molar-refractivity contribution is 0.345. The van der Waals surface area contributed by atoms with Crippen LogP contribution in [0.15, 0.2) is 17.6 Å². The first kappa shape index (κ1) is 17.7. The molecule has 2 aliphatic rings. The van der Waals surface area contributed by atoms with E-state index in [1.165, 1.54) is 0 Å². The van der Waals surface area contributed by atoms with Gasteiger partial charge in [0.1, 0.15) is 0 Å². The molecule has 0 radical (unpaired) electrons. The Hall–Kier alpha value is -0.630. The van der Waals surface area contributed by atoms with Gasteiger partial charge in [-0.1, -0.05) is 13.8 Å². The van der Waals surface area contributed by atoms with E-state index in [4.69, 9.17) is 0 Å². The van der Waals surface area contributed by atoms with Gasteiger partial charge in [0.15, 0.2) is 5.03 Å². The summed E-state index contributed by atoms with van der Waals surface area (Å²) in [5, 5.41) is 3.65. The Labute approximate surface area is 138 Å². The Morgan fingerprint density at radius 3 is 2.59 bits per heavy atom. The number of aromatic nitrogens is 2. The summed E-state index contributed by atoms with van der Waals surface area (Å²) in [4.78, 5) is 4.06. The molecule has 3 rings (SSSR count). The highest BCUT2D eigenvalue weighted by Crippen LogP contribution is 2.27. The average Bonchev–Trinajstić information content (AvgIpc) is 2.96. The Morgan fingerprint density at radius 2 is 2.00 bits per heavy atom. The van der Waals surface area contributed by atoms with Gasteiger partial charge in [0, 0.05) is 30.9 Å². The third-order valence-electron chi connectivity index (χ3n) is 4.26. The number of sulfonamides is 1. The van der Waals surface area contributed by atoms with Crippen LogP contribution in [-0.4, -0.2) is 36.1 Å². The maximum atomic E-state index is 12.4. The summed E-state index contributed by atoms with van der Waals surface area (Å²) in [6.07, 6.45) is 7.29. The van der Waals surface area contributed by atoms with Crippen molar-refractivity contribution >= 4 is 22.4 Å². The molecule has 2 aliphatic heterocycles. The van der Waals surface area contributed by atoms with Crippen molar-refractivity contribution in [1.29, 1.82) is 0 Å². The second-order valence-corrected chi connectivity index (χ2v) is 8.39. The van der Waals surface area contributed by atoms with Crippen LogP contribution in [0.3, 0.4) is 0 Å². The van der Waals surface area contributed by atoms with Gasteiger partial charge in [-0.2, -0.15) is 0 Å². The lowest BCUT2D eigenvalue weighted by Crippen LogP contribution is -2.47. The lowest BCUT2D eigenvalue weighted by Gasteiger charge is -2.29. The minimum atomic E-state index is -3.50. The molecule has 1 aromatic rings. The topological polar surface area (TPSA) is 76.0 Å². The highest BCUT2D eigenvalue weighted by atomic mass is 35.5. The second kappa shape index (κ2) is 6.86. The third-order valence-corrected chi connectivity index (χ3v) is 5.66. The molecule has 0 saturated carbocycles. The van der Waals surface area contributed by atoms with Crippen LogP contribution in [0.4, 0.5) is 0 Å². The van der Waals surface area contributed by atoms with Crippen molar-refractivity contribution in [3.63, 3.8) is 0 Å². The van der Waals surface area contributed by atoms with Gasteiger partial charge in [-0.3, -0.25) is 0 Å². The van der Waals surface area contributed by atoms with Gasteiger partial charge in [-0.05, 0) is 31.6 Å². The zero-order valence-electron chi connectivity index (χ0n) is 13.0. The molecule has 3 heterocycles. The quantitative estimate of drug-likeness (QED) is 0.846. The minimum Gasteiger partial charge on any atom is -0.336 e. The molecular weight excluding hydrogens is 324 g/mol. The summed E-state index contributed by atoms with van der Waals surface area (Å²) in [5.74, 6) is 0.461. The summed E-state index contributed by atoms with van der Waals surface area (Å²) < 4.78 is 29.5. The first-order valence-electron chi connectivity index (χ1n) is 7.72. The molecular formula is C14H25ClN4O2S. The van der Waals surface area contributed by atoms with Gasteiger partial charge in [0.25, 0.3) is 10.0 Å². The van der Waals surface area contributed by atoms with E-state index < -0.39 is 10.0 Å². The molecule has 0 aromatic carbocycles. The van der Waals surface area contributed by atoms with Gasteiger partial charge in [-0.25, -0.2) is 18.1 Å². The van der Waals surface area contributed by atoms with Crippen LogP contribution in [0.25, 0.3) is 0 Å². The SMILES string of the molecule is CC(C)Cn1cnc(S(=O)(=O)NC2CC3CCC(C2)N3)c1.Cl. The zero-order valence-corrected chi connectivity index (χ0v) is 14.7. The molecule has 0 aliphatic carbocycles. The van der Waals surface area contributed by atoms with Crippen molar-refractivity contribution in [2.24, 2.45) is 5.92 Å². The number of nitrogens with one attached hydrogen (secondary N) is 2. The summed E-state index contributed by atoms with van der Waals surface area (Å²) in [6.45, 7) is 4.97. The van der Waals surface area contributed by atoms with Crippen LogP contribution in [0.2, 0.25) is 0 Å². The second-order valence-electron chi connectivity index (χ2n) is 6.73. The van der Waals surface area contributed by atoms with Gasteiger partial charge >= 0.3 is 0 Å². The molecule has 2 fully saturated rings. The minimum absolute atomic E-state index is 0. The van der Waals surface area contributed by atoms with Crippen LogP contribution in [0, 0.1) is 5.92 Å². The number of rotatable bonds is 5. The Kier molecular flexibility index (Phi) is 5.53. The molecule has 2 N–H and O–H groups in total. The van der Waals surface area contributed by atoms with Gasteiger partial charge < -0.3 is 9.88 Å². The van der Waals surface area contributed by atoms with E-state index in [-0.39, 0.29) is 23.5 Å². The first-order valence-corrected chi connectivity index (χ1v) is 9.21. The molecule has 0 amide bonds. The van der Waals surface area contributed by atoms with E-state index in [1.54, 1.807) is 12.5 Å². The molecule has 1 aromatic heterocycles. The summed E-state index contributed by atoms with van der Waals surface area (Å²) in [6, 6.07) is 0.967. The van der Waals surface area contributed by atoms with Gasteiger partial charge in [0.05, 0.1) is 6.33 Å².